The molecule has 1 aliphatic carbocycles. The van der Waals surface area contributed by atoms with Crippen molar-refractivity contribution >= 4 is 12.0 Å². The first-order chi connectivity index (χ1) is 8.69. The van der Waals surface area contributed by atoms with E-state index in [4.69, 9.17) is 9.84 Å². The van der Waals surface area contributed by atoms with Crippen LogP contribution in [0.2, 0.25) is 0 Å². The summed E-state index contributed by atoms with van der Waals surface area (Å²) in [6.07, 6.45) is 3.69. The molecule has 0 spiro atoms. The van der Waals surface area contributed by atoms with Gasteiger partial charge in [-0.15, -0.1) is 0 Å². The van der Waals surface area contributed by atoms with E-state index in [0.29, 0.717) is 19.6 Å². The second-order valence-electron chi connectivity index (χ2n) is 4.32. The molecular weight excluding hydrogens is 236 g/mol. The van der Waals surface area contributed by atoms with E-state index in [0.717, 1.165) is 19.3 Å². The molecule has 18 heavy (non-hydrogen) atoms. The normalized spacial score (nSPS) is 14.8. The number of urea groups is 1. The van der Waals surface area contributed by atoms with Gasteiger partial charge in [0.1, 0.15) is 6.54 Å². The number of aliphatic hydroxyl groups is 1. The van der Waals surface area contributed by atoms with Crippen molar-refractivity contribution in [3.63, 3.8) is 0 Å². The van der Waals surface area contributed by atoms with Gasteiger partial charge in [0.2, 0.25) is 0 Å². The standard InChI is InChI=1S/C12H22N2O4/c1-2-18-11(16)9-13-12(17)14(7-4-8-15)10-5-3-6-10/h10,15H,2-9H2,1H3,(H,13,17). The summed E-state index contributed by atoms with van der Waals surface area (Å²) < 4.78 is 4.74. The molecule has 0 aliphatic heterocycles. The third kappa shape index (κ3) is 4.52. The van der Waals surface area contributed by atoms with E-state index in [1.54, 1.807) is 11.8 Å². The van der Waals surface area contributed by atoms with Crippen LogP contribution in [-0.2, 0) is 9.53 Å². The van der Waals surface area contributed by atoms with Crippen LogP contribution in [0, 0.1) is 0 Å². The Morgan fingerprint density at radius 2 is 2.17 bits per heavy atom. The molecule has 0 saturated heterocycles. The van der Waals surface area contributed by atoms with Gasteiger partial charge in [0, 0.05) is 19.2 Å². The minimum absolute atomic E-state index is 0.0639. The molecule has 1 saturated carbocycles. The van der Waals surface area contributed by atoms with Crippen molar-refractivity contribution < 1.29 is 19.4 Å². The van der Waals surface area contributed by atoms with Gasteiger partial charge in [-0.25, -0.2) is 4.79 Å². The first-order valence-electron chi connectivity index (χ1n) is 6.50. The molecule has 0 bridgehead atoms. The Bertz CT molecular complexity index is 279. The summed E-state index contributed by atoms with van der Waals surface area (Å²) in [5.41, 5.74) is 0. The highest BCUT2D eigenvalue weighted by Crippen LogP contribution is 2.24. The lowest BCUT2D eigenvalue weighted by Gasteiger charge is -2.37. The zero-order valence-corrected chi connectivity index (χ0v) is 10.9. The van der Waals surface area contributed by atoms with Crippen molar-refractivity contribution in [1.82, 2.24) is 10.2 Å². The third-order valence-corrected chi connectivity index (χ3v) is 3.02. The fourth-order valence-electron chi connectivity index (χ4n) is 1.85. The van der Waals surface area contributed by atoms with Crippen LogP contribution < -0.4 is 5.32 Å². The highest BCUT2D eigenvalue weighted by Gasteiger charge is 2.28. The number of hydrogen-bond donors (Lipinski definition) is 2. The first-order valence-corrected chi connectivity index (χ1v) is 6.50. The molecule has 0 aromatic rings. The second-order valence-corrected chi connectivity index (χ2v) is 4.32. The number of amides is 2. The fourth-order valence-corrected chi connectivity index (χ4v) is 1.85. The number of ether oxygens (including phenoxy) is 1. The van der Waals surface area contributed by atoms with Gasteiger partial charge in [-0.1, -0.05) is 0 Å². The summed E-state index contributed by atoms with van der Waals surface area (Å²) >= 11 is 0. The molecule has 0 unspecified atom stereocenters. The average Bonchev–Trinajstić information content (AvgIpc) is 2.29. The van der Waals surface area contributed by atoms with Crippen LogP contribution in [0.4, 0.5) is 4.79 Å². The van der Waals surface area contributed by atoms with E-state index < -0.39 is 5.97 Å². The Labute approximate surface area is 107 Å². The molecule has 1 rings (SSSR count). The van der Waals surface area contributed by atoms with Crippen LogP contribution in [0.15, 0.2) is 0 Å². The summed E-state index contributed by atoms with van der Waals surface area (Å²) in [7, 11) is 0. The topological polar surface area (TPSA) is 78.9 Å². The number of carbonyl (C=O) groups excluding carboxylic acids is 2. The summed E-state index contributed by atoms with van der Waals surface area (Å²) in [5.74, 6) is -0.429. The molecule has 0 radical (unpaired) electrons. The van der Waals surface area contributed by atoms with Crippen molar-refractivity contribution in [2.45, 2.75) is 38.6 Å². The lowest BCUT2D eigenvalue weighted by atomic mass is 9.91. The number of nitrogens with one attached hydrogen (secondary N) is 1. The Kier molecular flexibility index (Phi) is 6.49. The van der Waals surface area contributed by atoms with Crippen LogP contribution in [0.5, 0.6) is 0 Å². The second kappa shape index (κ2) is 7.92. The number of nitrogens with zero attached hydrogens (tertiary/aromatic N) is 1. The van der Waals surface area contributed by atoms with Crippen LogP contribution in [0.1, 0.15) is 32.6 Å². The number of hydrogen-bond acceptors (Lipinski definition) is 4. The lowest BCUT2D eigenvalue weighted by Crippen LogP contribution is -2.50. The van der Waals surface area contributed by atoms with E-state index in [1.807, 2.05) is 0 Å². The molecule has 0 aromatic carbocycles. The van der Waals surface area contributed by atoms with Crippen LogP contribution >= 0.6 is 0 Å². The van der Waals surface area contributed by atoms with E-state index in [-0.39, 0.29) is 25.2 Å². The molecule has 1 fully saturated rings. The number of aliphatic hydroxyl groups excluding tert-OH is 1. The van der Waals surface area contributed by atoms with E-state index in [1.165, 1.54) is 0 Å². The highest BCUT2D eigenvalue weighted by atomic mass is 16.5. The van der Waals surface area contributed by atoms with Crippen molar-refractivity contribution in [2.24, 2.45) is 0 Å². The van der Waals surface area contributed by atoms with Crippen LogP contribution in [0.3, 0.4) is 0 Å². The minimum atomic E-state index is -0.429. The number of carbonyl (C=O) groups is 2. The van der Waals surface area contributed by atoms with E-state index in [2.05, 4.69) is 5.32 Å². The molecule has 0 aromatic heterocycles. The maximum Gasteiger partial charge on any atom is 0.325 e. The van der Waals surface area contributed by atoms with Crippen molar-refractivity contribution in [3.8, 4) is 0 Å². The summed E-state index contributed by atoms with van der Waals surface area (Å²) in [5, 5.41) is 11.4. The Hall–Kier alpha value is -1.30. The van der Waals surface area contributed by atoms with Crippen LogP contribution in [-0.4, -0.2) is 54.4 Å². The van der Waals surface area contributed by atoms with E-state index in [9.17, 15) is 9.59 Å². The smallest absolute Gasteiger partial charge is 0.325 e. The Balaban J connectivity index is 2.35. The molecule has 0 atom stereocenters. The van der Waals surface area contributed by atoms with Gasteiger partial charge >= 0.3 is 12.0 Å². The predicted octanol–water partition coefficient (Wildman–Crippen LogP) is 0.496. The van der Waals surface area contributed by atoms with E-state index >= 15 is 0 Å². The lowest BCUT2D eigenvalue weighted by molar-refractivity contribution is -0.141. The molecule has 2 N–H and O–H groups in total. The van der Waals surface area contributed by atoms with Crippen molar-refractivity contribution in [1.29, 1.82) is 0 Å². The summed E-state index contributed by atoms with van der Waals surface area (Å²) in [4.78, 5) is 24.8. The average molecular weight is 258 g/mol. The van der Waals surface area contributed by atoms with Gasteiger partial charge in [0.15, 0.2) is 0 Å². The van der Waals surface area contributed by atoms with Gasteiger partial charge in [0.25, 0.3) is 0 Å². The van der Waals surface area contributed by atoms with Crippen molar-refractivity contribution in [2.75, 3.05) is 26.3 Å². The Morgan fingerprint density at radius 1 is 1.44 bits per heavy atom. The predicted molar refractivity (Wildman–Crippen MR) is 66.1 cm³/mol. The minimum Gasteiger partial charge on any atom is -0.465 e. The molecule has 6 nitrogen and oxygen atoms in total. The van der Waals surface area contributed by atoms with Gasteiger partial charge in [-0.3, -0.25) is 4.79 Å². The first kappa shape index (κ1) is 14.8. The third-order valence-electron chi connectivity index (χ3n) is 3.02. The number of esters is 1. The van der Waals surface area contributed by atoms with Gasteiger partial charge in [0.05, 0.1) is 6.61 Å². The largest absolute Gasteiger partial charge is 0.465 e. The molecule has 2 amide bonds. The molecule has 104 valence electrons. The molecule has 0 heterocycles. The summed E-state index contributed by atoms with van der Waals surface area (Å²) in [6, 6.07) is -0.0000476. The highest BCUT2D eigenvalue weighted by molar-refractivity contribution is 5.81. The monoisotopic (exact) mass is 258 g/mol. The van der Waals surface area contributed by atoms with Gasteiger partial charge < -0.3 is 20.1 Å². The molecule has 1 aliphatic rings. The number of rotatable bonds is 7. The Morgan fingerprint density at radius 3 is 2.67 bits per heavy atom. The maximum absolute atomic E-state index is 11.9. The zero-order valence-electron chi connectivity index (χ0n) is 10.9. The molecular formula is C12H22N2O4. The van der Waals surface area contributed by atoms with Crippen molar-refractivity contribution in [3.05, 3.63) is 0 Å². The fraction of sp³-hybridized carbons (Fsp3) is 0.833. The maximum atomic E-state index is 11.9. The quantitative estimate of drug-likeness (QED) is 0.652. The van der Waals surface area contributed by atoms with Gasteiger partial charge in [-0.2, -0.15) is 0 Å². The summed E-state index contributed by atoms with van der Waals surface area (Å²) in [6.45, 7) is 2.52. The zero-order chi connectivity index (χ0) is 13.4. The SMILES string of the molecule is CCOC(=O)CNC(=O)N(CCCO)C1CCC1. The van der Waals surface area contributed by atoms with Gasteiger partial charge in [-0.05, 0) is 32.6 Å². The molecule has 6 heteroatoms. The van der Waals surface area contributed by atoms with Crippen LogP contribution in [0.25, 0.3) is 0 Å².